The SMILES string of the molecule is CC(N(C)S(=O)(=O)Cc1cccc(CO)c1)C(C)(C)C. The maximum atomic E-state index is 12.5. The number of benzene rings is 1. The predicted molar refractivity (Wildman–Crippen MR) is 81.7 cm³/mol. The third kappa shape index (κ3) is 4.30. The van der Waals surface area contributed by atoms with Crippen LogP contribution in [0.25, 0.3) is 0 Å². The van der Waals surface area contributed by atoms with Crippen LogP contribution >= 0.6 is 0 Å². The molecule has 0 saturated carbocycles. The minimum absolute atomic E-state index is 0.0439. The second-order valence-corrected chi connectivity index (χ2v) is 8.32. The Bertz CT molecular complexity index is 546. The minimum Gasteiger partial charge on any atom is -0.392 e. The Hall–Kier alpha value is -0.910. The van der Waals surface area contributed by atoms with Crippen molar-refractivity contribution in [3.05, 3.63) is 35.4 Å². The Balaban J connectivity index is 2.94. The van der Waals surface area contributed by atoms with Crippen molar-refractivity contribution in [2.24, 2.45) is 5.41 Å². The number of aliphatic hydroxyl groups is 1. The third-order valence-electron chi connectivity index (χ3n) is 3.76. The van der Waals surface area contributed by atoms with E-state index in [4.69, 9.17) is 5.11 Å². The summed E-state index contributed by atoms with van der Waals surface area (Å²) in [7, 11) is -1.74. The maximum absolute atomic E-state index is 12.5. The summed E-state index contributed by atoms with van der Waals surface area (Å²) < 4.78 is 26.3. The zero-order chi connectivity index (χ0) is 15.6. The molecule has 1 atom stereocenters. The summed E-state index contributed by atoms with van der Waals surface area (Å²) in [5.74, 6) is -0.0439. The van der Waals surface area contributed by atoms with Gasteiger partial charge in [-0.25, -0.2) is 12.7 Å². The fraction of sp³-hybridized carbons (Fsp3) is 0.600. The van der Waals surface area contributed by atoms with E-state index in [2.05, 4.69) is 0 Å². The van der Waals surface area contributed by atoms with Gasteiger partial charge >= 0.3 is 0 Å². The molecule has 0 aliphatic carbocycles. The average molecular weight is 299 g/mol. The first kappa shape index (κ1) is 17.1. The number of hydrogen-bond donors (Lipinski definition) is 1. The van der Waals surface area contributed by atoms with Gasteiger partial charge in [-0.1, -0.05) is 45.0 Å². The number of rotatable bonds is 5. The van der Waals surface area contributed by atoms with E-state index in [9.17, 15) is 8.42 Å². The van der Waals surface area contributed by atoms with Crippen molar-refractivity contribution in [3.8, 4) is 0 Å². The first-order valence-corrected chi connectivity index (χ1v) is 8.33. The Kier molecular flexibility index (Phi) is 5.35. The largest absolute Gasteiger partial charge is 0.392 e. The van der Waals surface area contributed by atoms with E-state index < -0.39 is 10.0 Å². The molecule has 0 saturated heterocycles. The van der Waals surface area contributed by atoms with E-state index in [-0.39, 0.29) is 23.8 Å². The molecule has 0 radical (unpaired) electrons. The molecule has 4 nitrogen and oxygen atoms in total. The summed E-state index contributed by atoms with van der Waals surface area (Å²) in [5.41, 5.74) is 1.31. The fourth-order valence-electron chi connectivity index (χ4n) is 1.92. The van der Waals surface area contributed by atoms with E-state index in [1.807, 2.05) is 27.7 Å². The van der Waals surface area contributed by atoms with Gasteiger partial charge in [-0.3, -0.25) is 0 Å². The Labute approximate surface area is 122 Å². The summed E-state index contributed by atoms with van der Waals surface area (Å²) in [5, 5.41) is 9.10. The average Bonchev–Trinajstić information content (AvgIpc) is 2.35. The standard InChI is InChI=1S/C15H25NO3S/c1-12(15(2,3)4)16(5)20(18,19)11-14-8-6-7-13(9-14)10-17/h6-9,12,17H,10-11H2,1-5H3. The van der Waals surface area contributed by atoms with Crippen LogP contribution in [0.3, 0.4) is 0 Å². The van der Waals surface area contributed by atoms with E-state index in [1.165, 1.54) is 4.31 Å². The van der Waals surface area contributed by atoms with Gasteiger partial charge in [-0.2, -0.15) is 0 Å². The zero-order valence-corrected chi connectivity index (χ0v) is 13.7. The second kappa shape index (κ2) is 6.24. The van der Waals surface area contributed by atoms with Crippen LogP contribution in [0, 0.1) is 5.41 Å². The van der Waals surface area contributed by atoms with Gasteiger partial charge in [0.25, 0.3) is 0 Å². The third-order valence-corrected chi connectivity index (χ3v) is 5.65. The van der Waals surface area contributed by atoms with Crippen LogP contribution in [0.15, 0.2) is 24.3 Å². The van der Waals surface area contributed by atoms with Crippen LogP contribution in [0.2, 0.25) is 0 Å². The van der Waals surface area contributed by atoms with Gasteiger partial charge < -0.3 is 5.11 Å². The molecule has 1 aromatic rings. The van der Waals surface area contributed by atoms with E-state index in [1.54, 1.807) is 31.3 Å². The lowest BCUT2D eigenvalue weighted by molar-refractivity contribution is 0.216. The number of hydrogen-bond acceptors (Lipinski definition) is 3. The van der Waals surface area contributed by atoms with Gasteiger partial charge in [0.2, 0.25) is 10.0 Å². The molecule has 1 aromatic carbocycles. The molecule has 0 spiro atoms. The lowest BCUT2D eigenvalue weighted by Gasteiger charge is -2.34. The Morgan fingerprint density at radius 1 is 1.25 bits per heavy atom. The first-order valence-electron chi connectivity index (χ1n) is 6.72. The quantitative estimate of drug-likeness (QED) is 0.908. The highest BCUT2D eigenvalue weighted by Crippen LogP contribution is 2.26. The lowest BCUT2D eigenvalue weighted by atomic mass is 9.88. The van der Waals surface area contributed by atoms with Crippen molar-refractivity contribution >= 4 is 10.0 Å². The highest BCUT2D eigenvalue weighted by atomic mass is 32.2. The van der Waals surface area contributed by atoms with Crippen LogP contribution < -0.4 is 0 Å². The second-order valence-electron chi connectivity index (χ2n) is 6.29. The monoisotopic (exact) mass is 299 g/mol. The van der Waals surface area contributed by atoms with Crippen LogP contribution in [-0.2, 0) is 22.4 Å². The maximum Gasteiger partial charge on any atom is 0.218 e. The van der Waals surface area contributed by atoms with Gasteiger partial charge in [-0.15, -0.1) is 0 Å². The highest BCUT2D eigenvalue weighted by molar-refractivity contribution is 7.88. The van der Waals surface area contributed by atoms with E-state index >= 15 is 0 Å². The molecule has 0 aliphatic heterocycles. The summed E-state index contributed by atoms with van der Waals surface area (Å²) in [4.78, 5) is 0. The predicted octanol–water partition coefficient (Wildman–Crippen LogP) is 2.38. The molecular formula is C15H25NO3S. The molecule has 0 amide bonds. The molecule has 5 heteroatoms. The molecule has 1 N–H and O–H groups in total. The highest BCUT2D eigenvalue weighted by Gasteiger charge is 2.31. The Morgan fingerprint density at radius 2 is 1.80 bits per heavy atom. The summed E-state index contributed by atoms with van der Waals surface area (Å²) in [6.45, 7) is 7.91. The van der Waals surface area contributed by atoms with E-state index in [0.717, 1.165) is 5.56 Å². The molecular weight excluding hydrogens is 274 g/mol. The van der Waals surface area contributed by atoms with Crippen molar-refractivity contribution in [1.29, 1.82) is 0 Å². The molecule has 0 aliphatic rings. The summed E-state index contributed by atoms with van der Waals surface area (Å²) in [6.07, 6.45) is 0. The van der Waals surface area contributed by atoms with Gasteiger partial charge in [0.05, 0.1) is 12.4 Å². The summed E-state index contributed by atoms with van der Waals surface area (Å²) >= 11 is 0. The van der Waals surface area contributed by atoms with Crippen molar-refractivity contribution in [3.63, 3.8) is 0 Å². The van der Waals surface area contributed by atoms with Gasteiger partial charge in [-0.05, 0) is 23.5 Å². The van der Waals surface area contributed by atoms with Gasteiger partial charge in [0, 0.05) is 13.1 Å². The minimum atomic E-state index is -3.37. The number of nitrogens with zero attached hydrogens (tertiary/aromatic N) is 1. The smallest absolute Gasteiger partial charge is 0.218 e. The lowest BCUT2D eigenvalue weighted by Crippen LogP contribution is -2.43. The van der Waals surface area contributed by atoms with Crippen LogP contribution in [0.1, 0.15) is 38.8 Å². The normalized spacial score (nSPS) is 14.6. The molecule has 1 rings (SSSR count). The van der Waals surface area contributed by atoms with Gasteiger partial charge in [0.15, 0.2) is 0 Å². The van der Waals surface area contributed by atoms with Crippen molar-refractivity contribution in [2.45, 2.75) is 46.1 Å². The first-order chi connectivity index (χ1) is 9.08. The topological polar surface area (TPSA) is 57.6 Å². The van der Waals surface area contributed by atoms with Crippen molar-refractivity contribution in [2.75, 3.05) is 7.05 Å². The van der Waals surface area contributed by atoms with Crippen molar-refractivity contribution < 1.29 is 13.5 Å². The molecule has 1 unspecified atom stereocenters. The van der Waals surface area contributed by atoms with Crippen LogP contribution in [-0.4, -0.2) is 30.9 Å². The van der Waals surface area contributed by atoms with Crippen molar-refractivity contribution in [1.82, 2.24) is 4.31 Å². The Morgan fingerprint density at radius 3 is 2.30 bits per heavy atom. The zero-order valence-electron chi connectivity index (χ0n) is 12.9. The molecule has 114 valence electrons. The summed E-state index contributed by atoms with van der Waals surface area (Å²) in [6, 6.07) is 6.95. The van der Waals surface area contributed by atoms with Crippen LogP contribution in [0.5, 0.6) is 0 Å². The molecule has 0 aromatic heterocycles. The number of aliphatic hydroxyl groups excluding tert-OH is 1. The number of sulfonamides is 1. The molecule has 0 heterocycles. The van der Waals surface area contributed by atoms with E-state index in [0.29, 0.717) is 5.56 Å². The molecule has 0 bridgehead atoms. The molecule has 0 fully saturated rings. The van der Waals surface area contributed by atoms with Crippen LogP contribution in [0.4, 0.5) is 0 Å². The molecule has 20 heavy (non-hydrogen) atoms. The fourth-order valence-corrected chi connectivity index (χ4v) is 3.52. The van der Waals surface area contributed by atoms with Gasteiger partial charge in [0.1, 0.15) is 0 Å².